The molecule has 5 nitrogen and oxygen atoms in total. The van der Waals surface area contributed by atoms with E-state index in [4.69, 9.17) is 5.73 Å². The first-order valence-electron chi connectivity index (χ1n) is 8.75. The largest absolute Gasteiger partial charge is 0.355 e. The maximum absolute atomic E-state index is 13.0. The van der Waals surface area contributed by atoms with E-state index in [1.54, 1.807) is 0 Å². The zero-order chi connectivity index (χ0) is 16.2. The summed E-state index contributed by atoms with van der Waals surface area (Å²) in [6.07, 6.45) is 5.97. The monoisotopic (exact) mass is 309 g/mol. The van der Waals surface area contributed by atoms with Crippen LogP contribution >= 0.6 is 0 Å². The third-order valence-corrected chi connectivity index (χ3v) is 5.09. The Morgan fingerprint density at radius 2 is 2.05 bits per heavy atom. The molecule has 2 fully saturated rings. The van der Waals surface area contributed by atoms with Crippen LogP contribution in [0.25, 0.3) is 0 Å². The van der Waals surface area contributed by atoms with Crippen LogP contribution in [0.3, 0.4) is 0 Å². The van der Waals surface area contributed by atoms with E-state index in [0.717, 1.165) is 45.1 Å². The Morgan fingerprint density at radius 3 is 2.59 bits per heavy atom. The molecule has 126 valence electrons. The van der Waals surface area contributed by atoms with Crippen molar-refractivity contribution in [3.05, 3.63) is 0 Å². The van der Waals surface area contributed by atoms with Gasteiger partial charge in [0.2, 0.25) is 11.8 Å². The molecule has 1 saturated heterocycles. The summed E-state index contributed by atoms with van der Waals surface area (Å²) in [4.78, 5) is 27.1. The van der Waals surface area contributed by atoms with Gasteiger partial charge in [0.05, 0.1) is 5.92 Å². The van der Waals surface area contributed by atoms with E-state index in [9.17, 15) is 9.59 Å². The van der Waals surface area contributed by atoms with Gasteiger partial charge < -0.3 is 16.0 Å². The van der Waals surface area contributed by atoms with E-state index in [0.29, 0.717) is 31.5 Å². The molecule has 1 heterocycles. The second-order valence-corrected chi connectivity index (χ2v) is 7.40. The van der Waals surface area contributed by atoms with Crippen molar-refractivity contribution >= 4 is 11.8 Å². The molecule has 0 aromatic rings. The second-order valence-electron chi connectivity index (χ2n) is 7.40. The van der Waals surface area contributed by atoms with Crippen molar-refractivity contribution < 1.29 is 9.59 Å². The van der Waals surface area contributed by atoms with Gasteiger partial charge in [0.25, 0.3) is 0 Å². The maximum atomic E-state index is 13.0. The van der Waals surface area contributed by atoms with Crippen LogP contribution in [-0.2, 0) is 9.59 Å². The number of carbonyl (C=O) groups is 2. The standard InChI is InChI=1S/C17H31N3O2/c1-13(2)11-17(6-4-7-17)16(22)20-10-3-5-14(12-20)15(21)19-9-8-18/h13-14H,3-12,18H2,1-2H3,(H,19,21). The first-order valence-corrected chi connectivity index (χ1v) is 8.75. The molecule has 2 rings (SSSR count). The molecule has 2 aliphatic rings. The van der Waals surface area contributed by atoms with Gasteiger partial charge >= 0.3 is 0 Å². The number of carbonyl (C=O) groups excluding carboxylic acids is 2. The number of rotatable bonds is 6. The highest BCUT2D eigenvalue weighted by Gasteiger charge is 2.47. The molecule has 0 bridgehead atoms. The Bertz CT molecular complexity index is 405. The van der Waals surface area contributed by atoms with Crippen molar-refractivity contribution in [2.24, 2.45) is 23.0 Å². The van der Waals surface area contributed by atoms with Gasteiger partial charge in [0.15, 0.2) is 0 Å². The van der Waals surface area contributed by atoms with Gasteiger partial charge in [-0.05, 0) is 38.0 Å². The Hall–Kier alpha value is -1.10. The Kier molecular flexibility index (Phi) is 5.84. The molecule has 0 spiro atoms. The smallest absolute Gasteiger partial charge is 0.228 e. The van der Waals surface area contributed by atoms with Gasteiger partial charge in [-0.1, -0.05) is 20.3 Å². The fraction of sp³-hybridized carbons (Fsp3) is 0.882. The summed E-state index contributed by atoms with van der Waals surface area (Å²) in [6, 6.07) is 0. The number of amides is 2. The average molecular weight is 309 g/mol. The maximum Gasteiger partial charge on any atom is 0.228 e. The quantitative estimate of drug-likeness (QED) is 0.781. The van der Waals surface area contributed by atoms with Crippen LogP contribution in [0.1, 0.15) is 52.4 Å². The molecule has 3 N–H and O–H groups in total. The number of hydrogen-bond donors (Lipinski definition) is 2. The van der Waals surface area contributed by atoms with Crippen LogP contribution < -0.4 is 11.1 Å². The van der Waals surface area contributed by atoms with Crippen molar-refractivity contribution in [2.45, 2.75) is 52.4 Å². The molecule has 0 aromatic heterocycles. The molecule has 1 aliphatic heterocycles. The molecule has 1 unspecified atom stereocenters. The number of nitrogens with one attached hydrogen (secondary N) is 1. The molecular weight excluding hydrogens is 278 g/mol. The topological polar surface area (TPSA) is 75.4 Å². The summed E-state index contributed by atoms with van der Waals surface area (Å²) < 4.78 is 0. The van der Waals surface area contributed by atoms with E-state index in [-0.39, 0.29) is 17.2 Å². The number of piperidine rings is 1. The Balaban J connectivity index is 1.96. The molecule has 2 amide bonds. The zero-order valence-corrected chi connectivity index (χ0v) is 14.1. The van der Waals surface area contributed by atoms with Crippen LogP contribution in [0.5, 0.6) is 0 Å². The first kappa shape index (κ1) is 17.3. The number of likely N-dealkylation sites (tertiary alicyclic amines) is 1. The highest BCUT2D eigenvalue weighted by atomic mass is 16.2. The summed E-state index contributed by atoms with van der Waals surface area (Å²) in [6.45, 7) is 6.73. The van der Waals surface area contributed by atoms with Crippen molar-refractivity contribution in [3.63, 3.8) is 0 Å². The average Bonchev–Trinajstić information content (AvgIpc) is 2.47. The summed E-state index contributed by atoms with van der Waals surface area (Å²) in [5.41, 5.74) is 5.30. The van der Waals surface area contributed by atoms with E-state index < -0.39 is 0 Å². The van der Waals surface area contributed by atoms with E-state index in [1.807, 2.05) is 4.90 Å². The minimum Gasteiger partial charge on any atom is -0.355 e. The van der Waals surface area contributed by atoms with Crippen LogP contribution in [0, 0.1) is 17.3 Å². The van der Waals surface area contributed by atoms with Gasteiger partial charge in [-0.2, -0.15) is 0 Å². The predicted molar refractivity (Wildman–Crippen MR) is 87.1 cm³/mol. The summed E-state index contributed by atoms with van der Waals surface area (Å²) >= 11 is 0. The third-order valence-electron chi connectivity index (χ3n) is 5.09. The van der Waals surface area contributed by atoms with Crippen LogP contribution in [0.2, 0.25) is 0 Å². The van der Waals surface area contributed by atoms with Gasteiger partial charge in [0, 0.05) is 31.6 Å². The number of nitrogens with zero attached hydrogens (tertiary/aromatic N) is 1. The lowest BCUT2D eigenvalue weighted by atomic mass is 9.63. The summed E-state index contributed by atoms with van der Waals surface area (Å²) in [5.74, 6) is 0.816. The molecular formula is C17H31N3O2. The van der Waals surface area contributed by atoms with E-state index in [1.165, 1.54) is 0 Å². The molecule has 1 saturated carbocycles. The van der Waals surface area contributed by atoms with Crippen molar-refractivity contribution in [3.8, 4) is 0 Å². The van der Waals surface area contributed by atoms with Crippen LogP contribution in [-0.4, -0.2) is 42.9 Å². The van der Waals surface area contributed by atoms with Gasteiger partial charge in [-0.15, -0.1) is 0 Å². The highest BCUT2D eigenvalue weighted by molar-refractivity contribution is 5.85. The second kappa shape index (κ2) is 7.44. The fourth-order valence-electron chi connectivity index (χ4n) is 3.94. The molecule has 22 heavy (non-hydrogen) atoms. The predicted octanol–water partition coefficient (Wildman–Crippen LogP) is 1.52. The molecule has 1 aliphatic carbocycles. The van der Waals surface area contributed by atoms with E-state index in [2.05, 4.69) is 19.2 Å². The van der Waals surface area contributed by atoms with Crippen molar-refractivity contribution in [1.29, 1.82) is 0 Å². The Morgan fingerprint density at radius 1 is 1.32 bits per heavy atom. The lowest BCUT2D eigenvalue weighted by Gasteiger charge is -2.46. The minimum atomic E-state index is -0.135. The van der Waals surface area contributed by atoms with Crippen molar-refractivity contribution in [1.82, 2.24) is 10.2 Å². The summed E-state index contributed by atoms with van der Waals surface area (Å²) in [5, 5.41) is 2.86. The number of nitrogens with two attached hydrogens (primary N) is 1. The third kappa shape index (κ3) is 3.80. The minimum absolute atomic E-state index is 0.0504. The highest BCUT2D eigenvalue weighted by Crippen LogP contribution is 2.47. The number of hydrogen-bond acceptors (Lipinski definition) is 3. The molecule has 1 atom stereocenters. The Labute approximate surface area is 134 Å². The normalized spacial score (nSPS) is 24.0. The molecule has 0 radical (unpaired) electrons. The first-order chi connectivity index (χ1) is 10.5. The van der Waals surface area contributed by atoms with Gasteiger partial charge in [-0.25, -0.2) is 0 Å². The van der Waals surface area contributed by atoms with Gasteiger partial charge in [-0.3, -0.25) is 9.59 Å². The SMILES string of the molecule is CC(C)CC1(C(=O)N2CCCC(C(=O)NCCN)C2)CCC1. The lowest BCUT2D eigenvalue weighted by molar-refractivity contribution is -0.151. The molecule has 5 heteroatoms. The van der Waals surface area contributed by atoms with Crippen LogP contribution in [0.4, 0.5) is 0 Å². The molecule has 0 aromatic carbocycles. The summed E-state index contributed by atoms with van der Waals surface area (Å²) in [7, 11) is 0. The zero-order valence-electron chi connectivity index (χ0n) is 14.1. The van der Waals surface area contributed by atoms with E-state index >= 15 is 0 Å². The van der Waals surface area contributed by atoms with Crippen LogP contribution in [0.15, 0.2) is 0 Å². The van der Waals surface area contributed by atoms with Crippen molar-refractivity contribution in [2.75, 3.05) is 26.2 Å². The van der Waals surface area contributed by atoms with Gasteiger partial charge in [0.1, 0.15) is 0 Å². The fourth-order valence-corrected chi connectivity index (χ4v) is 3.94. The lowest BCUT2D eigenvalue weighted by Crippen LogP contribution is -2.53.